The molecule has 0 saturated carbocycles. The normalized spacial score (nSPS) is 24.4. The van der Waals surface area contributed by atoms with Gasteiger partial charge in [0.05, 0.1) is 5.92 Å². The third kappa shape index (κ3) is 3.95. The Labute approximate surface area is 157 Å². The summed E-state index contributed by atoms with van der Waals surface area (Å²) in [6.45, 7) is 12.5. The number of phenols is 1. The Bertz CT molecular complexity index is 676. The largest absolute Gasteiger partial charge is 0.508 e. The highest BCUT2D eigenvalue weighted by Crippen LogP contribution is 2.40. The number of nitrogens with one attached hydrogen (secondary N) is 2. The summed E-state index contributed by atoms with van der Waals surface area (Å²) in [6.07, 6.45) is 3.78. The Hall–Kier alpha value is -2.23. The van der Waals surface area contributed by atoms with Crippen LogP contribution in [-0.2, 0) is 11.2 Å². The van der Waals surface area contributed by atoms with E-state index in [4.69, 9.17) is 0 Å². The van der Waals surface area contributed by atoms with E-state index < -0.39 is 0 Å². The molecule has 142 valence electrons. The van der Waals surface area contributed by atoms with E-state index in [1.807, 2.05) is 32.9 Å². The average molecular weight is 357 g/mol. The van der Waals surface area contributed by atoms with Gasteiger partial charge in [-0.3, -0.25) is 4.79 Å². The highest BCUT2D eigenvalue weighted by Gasteiger charge is 2.41. The molecule has 0 saturated heterocycles. The monoisotopic (exact) mass is 356 g/mol. The van der Waals surface area contributed by atoms with Crippen LogP contribution in [0.1, 0.15) is 52.5 Å². The quantitative estimate of drug-likeness (QED) is 0.738. The number of amides is 1. The van der Waals surface area contributed by atoms with Gasteiger partial charge in [0.15, 0.2) is 0 Å². The third-order valence-corrected chi connectivity index (χ3v) is 5.19. The topological polar surface area (TPSA) is 61.4 Å². The molecule has 0 bridgehead atoms. The number of hydrogen-bond acceptors (Lipinski definition) is 3. The Balaban J connectivity index is 0.00000117. The second-order valence-electron chi connectivity index (χ2n) is 6.78. The Kier molecular flexibility index (Phi) is 6.90. The van der Waals surface area contributed by atoms with Crippen molar-refractivity contribution < 1.29 is 9.90 Å². The van der Waals surface area contributed by atoms with Crippen molar-refractivity contribution in [2.75, 3.05) is 0 Å². The third-order valence-electron chi connectivity index (χ3n) is 5.19. The predicted octanol–water partition coefficient (Wildman–Crippen LogP) is 4.27. The average Bonchev–Trinajstić information content (AvgIpc) is 2.96. The van der Waals surface area contributed by atoms with Crippen molar-refractivity contribution in [2.24, 2.45) is 11.8 Å². The van der Waals surface area contributed by atoms with Crippen LogP contribution in [-0.4, -0.2) is 17.1 Å². The molecule has 1 aromatic rings. The van der Waals surface area contributed by atoms with Crippen molar-refractivity contribution in [3.05, 3.63) is 53.4 Å². The second-order valence-corrected chi connectivity index (χ2v) is 6.78. The van der Waals surface area contributed by atoms with E-state index in [0.29, 0.717) is 12.0 Å². The van der Waals surface area contributed by atoms with Gasteiger partial charge in [-0.25, -0.2) is 0 Å². The summed E-state index contributed by atoms with van der Waals surface area (Å²) in [6, 6.07) is 7.71. The van der Waals surface area contributed by atoms with E-state index in [0.717, 1.165) is 37.1 Å². The fourth-order valence-corrected chi connectivity index (χ4v) is 3.96. The molecular formula is C22H32N2O2. The van der Waals surface area contributed by atoms with E-state index in [1.165, 1.54) is 11.1 Å². The minimum absolute atomic E-state index is 0.0503. The lowest BCUT2D eigenvalue weighted by atomic mass is 9.78. The van der Waals surface area contributed by atoms with Gasteiger partial charge in [-0.1, -0.05) is 52.8 Å². The van der Waals surface area contributed by atoms with E-state index in [2.05, 4.69) is 24.1 Å². The molecule has 4 nitrogen and oxygen atoms in total. The van der Waals surface area contributed by atoms with Crippen LogP contribution in [0.2, 0.25) is 0 Å². The van der Waals surface area contributed by atoms with Crippen LogP contribution in [0.25, 0.3) is 0 Å². The summed E-state index contributed by atoms with van der Waals surface area (Å²) in [5.74, 6) is 1.36. The van der Waals surface area contributed by atoms with Crippen LogP contribution in [0, 0.1) is 11.8 Å². The van der Waals surface area contributed by atoms with Crippen molar-refractivity contribution in [3.8, 4) is 5.75 Å². The number of phenolic OH excluding ortho intramolecular Hbond substituents is 1. The van der Waals surface area contributed by atoms with Gasteiger partial charge in [0.2, 0.25) is 5.91 Å². The molecule has 4 heteroatoms. The van der Waals surface area contributed by atoms with Crippen molar-refractivity contribution in [3.63, 3.8) is 0 Å². The van der Waals surface area contributed by atoms with Gasteiger partial charge in [-0.15, -0.1) is 0 Å². The lowest BCUT2D eigenvalue weighted by molar-refractivity contribution is -0.123. The Morgan fingerprint density at radius 3 is 2.38 bits per heavy atom. The smallest absolute Gasteiger partial charge is 0.232 e. The van der Waals surface area contributed by atoms with Gasteiger partial charge in [0.25, 0.3) is 0 Å². The van der Waals surface area contributed by atoms with Crippen molar-refractivity contribution in [2.45, 2.75) is 59.4 Å². The molecule has 0 aromatic heterocycles. The molecule has 1 aromatic carbocycles. The molecular weight excluding hydrogens is 324 g/mol. The number of carbonyl (C=O) groups excluding carboxylic acids is 1. The fraction of sp³-hybridized carbons (Fsp3) is 0.500. The summed E-state index contributed by atoms with van der Waals surface area (Å²) < 4.78 is 0. The summed E-state index contributed by atoms with van der Waals surface area (Å²) in [5, 5.41) is 16.1. The standard InChI is InChI=1S/C20H26N2O2.C2H6/c1-4-6-17-16(11-13-7-9-14(23)10-8-13)18-12(3)15(5-2)20(24)22-19(18)21-17;1-2/h7-10,15-17,21,23H,3-6,11H2,1-2H3,(H,22,24);1-2H3. The molecule has 2 heterocycles. The number of aromatic hydroxyl groups is 1. The minimum Gasteiger partial charge on any atom is -0.508 e. The van der Waals surface area contributed by atoms with Crippen LogP contribution in [0.4, 0.5) is 0 Å². The van der Waals surface area contributed by atoms with Gasteiger partial charge in [-0.05, 0) is 42.5 Å². The van der Waals surface area contributed by atoms with Gasteiger partial charge >= 0.3 is 0 Å². The van der Waals surface area contributed by atoms with Crippen LogP contribution in [0.15, 0.2) is 47.8 Å². The number of rotatable bonds is 5. The zero-order valence-corrected chi connectivity index (χ0v) is 16.4. The zero-order chi connectivity index (χ0) is 19.3. The summed E-state index contributed by atoms with van der Waals surface area (Å²) in [4.78, 5) is 12.3. The molecule has 2 aliphatic rings. The van der Waals surface area contributed by atoms with E-state index in [1.54, 1.807) is 12.1 Å². The summed E-state index contributed by atoms with van der Waals surface area (Å²) in [7, 11) is 0. The molecule has 3 unspecified atom stereocenters. The Morgan fingerprint density at radius 2 is 1.81 bits per heavy atom. The highest BCUT2D eigenvalue weighted by atomic mass is 16.3. The second kappa shape index (κ2) is 8.93. The summed E-state index contributed by atoms with van der Waals surface area (Å²) in [5.41, 5.74) is 3.34. The lowest BCUT2D eigenvalue weighted by Crippen LogP contribution is -2.39. The van der Waals surface area contributed by atoms with Crippen molar-refractivity contribution >= 4 is 5.91 Å². The molecule has 3 atom stereocenters. The maximum absolute atomic E-state index is 12.3. The first kappa shape index (κ1) is 20.1. The fourth-order valence-electron chi connectivity index (χ4n) is 3.96. The minimum atomic E-state index is -0.131. The zero-order valence-electron chi connectivity index (χ0n) is 16.4. The maximum atomic E-state index is 12.3. The molecule has 3 rings (SSSR count). The molecule has 0 spiro atoms. The molecule has 3 N–H and O–H groups in total. The van der Waals surface area contributed by atoms with Crippen molar-refractivity contribution in [1.82, 2.24) is 10.6 Å². The molecule has 0 radical (unpaired) electrons. The number of hydrogen-bond donors (Lipinski definition) is 3. The van der Waals surface area contributed by atoms with E-state index >= 15 is 0 Å². The summed E-state index contributed by atoms with van der Waals surface area (Å²) >= 11 is 0. The van der Waals surface area contributed by atoms with E-state index in [-0.39, 0.29) is 17.6 Å². The van der Waals surface area contributed by atoms with Crippen molar-refractivity contribution in [1.29, 1.82) is 0 Å². The van der Waals surface area contributed by atoms with Gasteiger partial charge in [-0.2, -0.15) is 0 Å². The SMILES string of the molecule is C=C1C2=C(NC(=O)C1CC)NC(CCC)C2Cc1ccc(O)cc1.CC. The van der Waals surface area contributed by atoms with Gasteiger partial charge in [0, 0.05) is 17.5 Å². The van der Waals surface area contributed by atoms with Gasteiger partial charge in [0.1, 0.15) is 11.6 Å². The highest BCUT2D eigenvalue weighted by molar-refractivity contribution is 5.87. The maximum Gasteiger partial charge on any atom is 0.232 e. The first-order valence-electron chi connectivity index (χ1n) is 9.83. The lowest BCUT2D eigenvalue weighted by Gasteiger charge is -2.28. The Morgan fingerprint density at radius 1 is 1.15 bits per heavy atom. The molecule has 2 aliphatic heterocycles. The van der Waals surface area contributed by atoms with E-state index in [9.17, 15) is 9.90 Å². The van der Waals surface area contributed by atoms with Crippen LogP contribution < -0.4 is 10.6 Å². The van der Waals surface area contributed by atoms with Crippen LogP contribution in [0.5, 0.6) is 5.75 Å². The first-order chi connectivity index (χ1) is 12.5. The number of carbonyl (C=O) groups is 1. The predicted molar refractivity (Wildman–Crippen MR) is 107 cm³/mol. The number of benzene rings is 1. The molecule has 0 fully saturated rings. The molecule has 0 aliphatic carbocycles. The molecule has 26 heavy (non-hydrogen) atoms. The van der Waals surface area contributed by atoms with Gasteiger partial charge < -0.3 is 15.7 Å². The first-order valence-corrected chi connectivity index (χ1v) is 9.83. The van der Waals surface area contributed by atoms with Crippen LogP contribution >= 0.6 is 0 Å². The van der Waals surface area contributed by atoms with Crippen LogP contribution in [0.3, 0.4) is 0 Å². The molecule has 1 amide bonds.